The number of amides is 1. The molecule has 0 spiro atoms. The second-order valence-electron chi connectivity index (χ2n) is 4.84. The van der Waals surface area contributed by atoms with Gasteiger partial charge in [0.1, 0.15) is 6.10 Å². The van der Waals surface area contributed by atoms with Crippen molar-refractivity contribution in [2.45, 2.75) is 12.5 Å². The van der Waals surface area contributed by atoms with Gasteiger partial charge in [0.05, 0.1) is 22.8 Å². The molecular weight excluding hydrogens is 262 g/mol. The van der Waals surface area contributed by atoms with Gasteiger partial charge < -0.3 is 15.0 Å². The van der Waals surface area contributed by atoms with Crippen molar-refractivity contribution >= 4 is 17.3 Å². The first-order valence-corrected chi connectivity index (χ1v) is 6.58. The molecule has 1 N–H and O–H groups in total. The Morgan fingerprint density at radius 1 is 1.50 bits per heavy atom. The van der Waals surface area contributed by atoms with Crippen LogP contribution in [0.2, 0.25) is 0 Å². The Kier molecular flexibility index (Phi) is 3.37. The molecule has 0 saturated carbocycles. The zero-order valence-electron chi connectivity index (χ0n) is 10.9. The van der Waals surface area contributed by atoms with E-state index in [1.165, 1.54) is 6.07 Å². The lowest BCUT2D eigenvalue weighted by Gasteiger charge is -2.27. The first kappa shape index (κ1) is 13.0. The van der Waals surface area contributed by atoms with Crippen LogP contribution in [0.5, 0.6) is 0 Å². The molecule has 0 radical (unpaired) electrons. The van der Waals surface area contributed by atoms with Gasteiger partial charge in [-0.2, -0.15) is 0 Å². The van der Waals surface area contributed by atoms with Crippen LogP contribution in [0.3, 0.4) is 0 Å². The van der Waals surface area contributed by atoms with E-state index in [-0.39, 0.29) is 11.6 Å². The lowest BCUT2D eigenvalue weighted by Crippen LogP contribution is -2.49. The average Bonchev–Trinajstić information content (AvgIpc) is 2.91. The van der Waals surface area contributed by atoms with Crippen LogP contribution in [-0.2, 0) is 16.0 Å². The van der Waals surface area contributed by atoms with E-state index in [9.17, 15) is 14.9 Å². The molecule has 1 amide bonds. The summed E-state index contributed by atoms with van der Waals surface area (Å²) in [7, 11) is 0. The smallest absolute Gasteiger partial charge is 0.274 e. The van der Waals surface area contributed by atoms with E-state index in [1.54, 1.807) is 17.0 Å². The van der Waals surface area contributed by atoms with E-state index in [0.717, 1.165) is 6.54 Å². The molecule has 20 heavy (non-hydrogen) atoms. The van der Waals surface area contributed by atoms with Crippen molar-refractivity contribution in [3.05, 3.63) is 33.9 Å². The fourth-order valence-electron chi connectivity index (χ4n) is 2.71. The van der Waals surface area contributed by atoms with Gasteiger partial charge in [0.25, 0.3) is 11.6 Å². The number of nitrogens with one attached hydrogen (secondary N) is 1. The molecule has 0 aromatic heterocycles. The Hall–Kier alpha value is -1.99. The third-order valence-corrected chi connectivity index (χ3v) is 3.67. The summed E-state index contributed by atoms with van der Waals surface area (Å²) in [5, 5.41) is 14.1. The summed E-state index contributed by atoms with van der Waals surface area (Å²) < 4.78 is 5.46. The van der Waals surface area contributed by atoms with Gasteiger partial charge in [-0.3, -0.25) is 14.9 Å². The van der Waals surface area contributed by atoms with Crippen molar-refractivity contribution < 1.29 is 14.5 Å². The number of hydrogen-bond donors (Lipinski definition) is 1. The number of nitro benzene ring substituents is 1. The van der Waals surface area contributed by atoms with Gasteiger partial charge in [0, 0.05) is 25.7 Å². The van der Waals surface area contributed by atoms with Crippen molar-refractivity contribution in [3.63, 3.8) is 0 Å². The van der Waals surface area contributed by atoms with Gasteiger partial charge in [-0.05, 0) is 12.5 Å². The zero-order valence-corrected chi connectivity index (χ0v) is 10.9. The van der Waals surface area contributed by atoms with Crippen LogP contribution in [0.25, 0.3) is 0 Å². The second kappa shape index (κ2) is 5.18. The number of nitrogens with zero attached hydrogens (tertiary/aromatic N) is 2. The molecule has 0 bridgehead atoms. The van der Waals surface area contributed by atoms with E-state index in [4.69, 9.17) is 4.74 Å². The molecule has 1 aromatic carbocycles. The van der Waals surface area contributed by atoms with E-state index in [2.05, 4.69) is 5.32 Å². The highest BCUT2D eigenvalue weighted by Crippen LogP contribution is 2.35. The summed E-state index contributed by atoms with van der Waals surface area (Å²) in [4.78, 5) is 24.6. The third kappa shape index (κ3) is 2.14. The molecule has 1 fully saturated rings. The topological polar surface area (TPSA) is 84.7 Å². The van der Waals surface area contributed by atoms with Gasteiger partial charge in [0.15, 0.2) is 0 Å². The van der Waals surface area contributed by atoms with Crippen LogP contribution < -0.4 is 10.2 Å². The summed E-state index contributed by atoms with van der Waals surface area (Å²) in [6.45, 7) is 2.20. The van der Waals surface area contributed by atoms with Crippen molar-refractivity contribution in [1.29, 1.82) is 0 Å². The van der Waals surface area contributed by atoms with Crippen molar-refractivity contribution in [2.24, 2.45) is 0 Å². The monoisotopic (exact) mass is 277 g/mol. The van der Waals surface area contributed by atoms with Crippen LogP contribution in [-0.4, -0.2) is 43.2 Å². The molecule has 1 aromatic rings. The Morgan fingerprint density at radius 3 is 3.05 bits per heavy atom. The quantitative estimate of drug-likeness (QED) is 0.627. The van der Waals surface area contributed by atoms with Gasteiger partial charge in [-0.1, -0.05) is 6.07 Å². The molecule has 0 aliphatic carbocycles. The fraction of sp³-hybridized carbons (Fsp3) is 0.462. The van der Waals surface area contributed by atoms with Gasteiger partial charge >= 0.3 is 0 Å². The first-order chi connectivity index (χ1) is 9.68. The third-order valence-electron chi connectivity index (χ3n) is 3.67. The number of carbonyl (C=O) groups is 1. The highest BCUT2D eigenvalue weighted by Gasteiger charge is 2.34. The van der Waals surface area contributed by atoms with Crippen LogP contribution in [0.15, 0.2) is 18.2 Å². The largest absolute Gasteiger partial charge is 0.366 e. The van der Waals surface area contributed by atoms with E-state index < -0.39 is 11.0 Å². The van der Waals surface area contributed by atoms with E-state index in [1.807, 2.05) is 0 Å². The molecule has 2 heterocycles. The molecule has 3 rings (SSSR count). The van der Waals surface area contributed by atoms with Gasteiger partial charge in [-0.25, -0.2) is 0 Å². The average molecular weight is 277 g/mol. The molecule has 1 atom stereocenters. The second-order valence-corrected chi connectivity index (χ2v) is 4.84. The molecule has 2 aliphatic heterocycles. The predicted molar refractivity (Wildman–Crippen MR) is 71.8 cm³/mol. The molecule has 7 nitrogen and oxygen atoms in total. The summed E-state index contributed by atoms with van der Waals surface area (Å²) in [6.07, 6.45) is 0.00669. The van der Waals surface area contributed by atoms with Crippen LogP contribution in [0.4, 0.5) is 11.4 Å². The zero-order chi connectivity index (χ0) is 14.1. The summed E-state index contributed by atoms with van der Waals surface area (Å²) >= 11 is 0. The Labute approximate surface area is 115 Å². The molecule has 1 saturated heterocycles. The minimum absolute atomic E-state index is 0.0838. The molecule has 2 aliphatic rings. The molecule has 1 unspecified atom stereocenters. The highest BCUT2D eigenvalue weighted by molar-refractivity contribution is 5.99. The van der Waals surface area contributed by atoms with Crippen LogP contribution >= 0.6 is 0 Å². The maximum Gasteiger partial charge on any atom is 0.274 e. The summed E-state index contributed by atoms with van der Waals surface area (Å²) in [5.74, 6) is -0.128. The summed E-state index contributed by atoms with van der Waals surface area (Å²) in [6, 6.07) is 4.84. The Bertz CT molecular complexity index is 555. The molecule has 106 valence electrons. The highest BCUT2D eigenvalue weighted by atomic mass is 16.6. The number of ether oxygens (including phenoxy) is 1. The van der Waals surface area contributed by atoms with E-state index >= 15 is 0 Å². The van der Waals surface area contributed by atoms with Crippen LogP contribution in [0.1, 0.15) is 5.56 Å². The molecular formula is C13H15N3O4. The fourth-order valence-corrected chi connectivity index (χ4v) is 2.71. The predicted octanol–water partition coefficient (Wildman–Crippen LogP) is 0.472. The Balaban J connectivity index is 1.87. The number of hydrogen-bond acceptors (Lipinski definition) is 5. The number of benzene rings is 1. The number of nitro groups is 1. The number of carbonyl (C=O) groups excluding carboxylic acids is 1. The minimum atomic E-state index is -0.506. The maximum atomic E-state index is 12.4. The number of fused-ring (bicyclic) bond motifs is 1. The van der Waals surface area contributed by atoms with Crippen molar-refractivity contribution in [3.8, 4) is 0 Å². The summed E-state index contributed by atoms with van der Waals surface area (Å²) in [5.41, 5.74) is 1.36. The van der Waals surface area contributed by atoms with Crippen LogP contribution in [0, 0.1) is 10.1 Å². The molecule has 7 heteroatoms. The number of anilines is 1. The standard InChI is InChI=1S/C13H15N3O4/c17-13(12-8-14-5-7-20-12)15-6-4-9-10(15)2-1-3-11(9)16(18)19/h1-3,12,14H,4-8H2. The lowest BCUT2D eigenvalue weighted by molar-refractivity contribution is -0.385. The normalized spacial score (nSPS) is 21.6. The minimum Gasteiger partial charge on any atom is -0.366 e. The number of rotatable bonds is 2. The Morgan fingerprint density at radius 2 is 2.35 bits per heavy atom. The number of morpholine rings is 1. The van der Waals surface area contributed by atoms with Gasteiger partial charge in [-0.15, -0.1) is 0 Å². The lowest BCUT2D eigenvalue weighted by atomic mass is 10.1. The van der Waals surface area contributed by atoms with Gasteiger partial charge in [0.2, 0.25) is 0 Å². The van der Waals surface area contributed by atoms with Crippen molar-refractivity contribution in [2.75, 3.05) is 31.1 Å². The van der Waals surface area contributed by atoms with E-state index in [0.29, 0.717) is 37.4 Å². The SMILES string of the molecule is O=C(C1CNCCO1)N1CCc2c1cccc2[N+](=O)[O-]. The van der Waals surface area contributed by atoms with Crippen molar-refractivity contribution in [1.82, 2.24) is 5.32 Å². The first-order valence-electron chi connectivity index (χ1n) is 6.58. The maximum absolute atomic E-state index is 12.4.